The minimum absolute atomic E-state index is 0.0707. The molecule has 2 aromatic heterocycles. The first-order valence-electron chi connectivity index (χ1n) is 11.1. The minimum Gasteiger partial charge on any atom is -0.459 e. The summed E-state index contributed by atoms with van der Waals surface area (Å²) in [6, 6.07) is -0.553. The number of aromatic nitrogens is 4. The van der Waals surface area contributed by atoms with E-state index >= 15 is 0 Å². The average molecular weight is 465 g/mol. The number of esters is 1. The molecular weight excluding hydrogens is 431 g/mol. The van der Waals surface area contributed by atoms with Gasteiger partial charge in [-0.25, -0.2) is 23.7 Å². The van der Waals surface area contributed by atoms with Gasteiger partial charge in [-0.1, -0.05) is 6.92 Å². The smallest absolute Gasteiger partial charge is 0.410 e. The second kappa shape index (κ2) is 9.11. The summed E-state index contributed by atoms with van der Waals surface area (Å²) in [5, 5.41) is 7.55. The second-order valence-corrected chi connectivity index (χ2v) is 9.94. The first kappa shape index (κ1) is 24.7. The van der Waals surface area contributed by atoms with E-state index in [4.69, 9.17) is 9.47 Å². The van der Waals surface area contributed by atoms with Crippen molar-refractivity contribution < 1.29 is 23.5 Å². The summed E-state index contributed by atoms with van der Waals surface area (Å²) in [7, 11) is 0. The van der Waals surface area contributed by atoms with Gasteiger partial charge >= 0.3 is 12.1 Å². The highest BCUT2D eigenvalue weighted by Crippen LogP contribution is 2.30. The van der Waals surface area contributed by atoms with Crippen LogP contribution in [0.5, 0.6) is 0 Å². The first-order chi connectivity index (χ1) is 15.3. The lowest BCUT2D eigenvalue weighted by molar-refractivity contribution is -0.155. The van der Waals surface area contributed by atoms with Crippen molar-refractivity contribution in [2.45, 2.75) is 84.2 Å². The number of hydrogen-bond acceptors (Lipinski definition) is 8. The van der Waals surface area contributed by atoms with E-state index in [0.717, 1.165) is 0 Å². The molecule has 0 aromatic carbocycles. The lowest BCUT2D eigenvalue weighted by Crippen LogP contribution is -2.51. The highest BCUT2D eigenvalue weighted by atomic mass is 19.1. The second-order valence-electron chi connectivity index (χ2n) is 9.94. The molecule has 11 heteroatoms. The Morgan fingerprint density at radius 1 is 1.18 bits per heavy atom. The van der Waals surface area contributed by atoms with E-state index in [1.165, 1.54) is 11.8 Å². The van der Waals surface area contributed by atoms with Gasteiger partial charge in [-0.2, -0.15) is 0 Å². The number of piperidine rings is 1. The lowest BCUT2D eigenvalue weighted by Gasteiger charge is -2.35. The zero-order valence-corrected chi connectivity index (χ0v) is 20.3. The van der Waals surface area contributed by atoms with Crippen molar-refractivity contribution in [2.24, 2.45) is 0 Å². The van der Waals surface area contributed by atoms with Gasteiger partial charge in [0.2, 0.25) is 5.95 Å². The van der Waals surface area contributed by atoms with Crippen molar-refractivity contribution in [3.05, 3.63) is 18.2 Å². The van der Waals surface area contributed by atoms with E-state index in [0.29, 0.717) is 24.3 Å². The van der Waals surface area contributed by atoms with Gasteiger partial charge in [-0.05, 0) is 41.0 Å². The quantitative estimate of drug-likeness (QED) is 0.671. The maximum absolute atomic E-state index is 14.9. The summed E-state index contributed by atoms with van der Waals surface area (Å²) in [5.74, 6) is 0.199. The molecule has 1 fully saturated rings. The van der Waals surface area contributed by atoms with Crippen molar-refractivity contribution in [1.29, 1.82) is 0 Å². The standard InChI is InChI=1S/C22H33FN6O4/c1-13(22(6,7)32-14(2)30)18-24-10-15-11-25-19(27-29(15)18)26-17-8-9-28(12-16(17)23)20(31)33-21(3,4)5/h10-11,13,16-17H,8-9,12H2,1-7H3,(H,26,27)/t13?,16-,17-/m1/s1. The number of halogens is 1. The number of hydrogen-bond donors (Lipinski definition) is 1. The monoisotopic (exact) mass is 464 g/mol. The SMILES string of the molecule is CC(=O)OC(C)(C)C(C)c1ncc2cnc(N[C@@H]3CCN(C(=O)OC(C)(C)C)C[C@H]3F)nn12. The lowest BCUT2D eigenvalue weighted by atomic mass is 9.92. The fourth-order valence-corrected chi connectivity index (χ4v) is 3.68. The Balaban J connectivity index is 1.72. The summed E-state index contributed by atoms with van der Waals surface area (Å²) < 4.78 is 27.3. The number of carbonyl (C=O) groups is 2. The minimum atomic E-state index is -1.31. The Kier molecular flexibility index (Phi) is 6.80. The Morgan fingerprint density at radius 3 is 2.45 bits per heavy atom. The van der Waals surface area contributed by atoms with Crippen LogP contribution in [0, 0.1) is 0 Å². The number of carbonyl (C=O) groups excluding carboxylic acids is 2. The zero-order chi connectivity index (χ0) is 24.6. The molecule has 33 heavy (non-hydrogen) atoms. The third-order valence-corrected chi connectivity index (χ3v) is 5.65. The summed E-state index contributed by atoms with van der Waals surface area (Å²) in [5.41, 5.74) is -0.771. The van der Waals surface area contributed by atoms with E-state index in [1.54, 1.807) is 37.7 Å². The molecule has 1 unspecified atom stereocenters. The molecule has 0 saturated carbocycles. The van der Waals surface area contributed by atoms with Crippen LogP contribution < -0.4 is 5.32 Å². The van der Waals surface area contributed by atoms with Gasteiger partial charge < -0.3 is 19.7 Å². The summed E-state index contributed by atoms with van der Waals surface area (Å²) in [6.07, 6.45) is 1.79. The normalized spacial score (nSPS) is 20.4. The largest absolute Gasteiger partial charge is 0.459 e. The van der Waals surface area contributed by atoms with Crippen molar-refractivity contribution in [2.75, 3.05) is 18.4 Å². The van der Waals surface area contributed by atoms with E-state index in [9.17, 15) is 14.0 Å². The van der Waals surface area contributed by atoms with Crippen molar-refractivity contribution in [3.8, 4) is 0 Å². The van der Waals surface area contributed by atoms with Crippen molar-refractivity contribution in [3.63, 3.8) is 0 Å². The Hall–Kier alpha value is -2.98. The molecule has 10 nitrogen and oxygen atoms in total. The van der Waals surface area contributed by atoms with Crippen LogP contribution in [-0.4, -0.2) is 73.0 Å². The molecule has 0 radical (unpaired) electrons. The molecule has 1 amide bonds. The Morgan fingerprint density at radius 2 is 1.85 bits per heavy atom. The molecule has 1 N–H and O–H groups in total. The molecule has 3 atom stereocenters. The summed E-state index contributed by atoms with van der Waals surface area (Å²) in [6.45, 7) is 12.5. The summed E-state index contributed by atoms with van der Waals surface area (Å²) in [4.78, 5) is 33.8. The number of fused-ring (bicyclic) bond motifs is 1. The first-order valence-corrected chi connectivity index (χ1v) is 11.1. The fourth-order valence-electron chi connectivity index (χ4n) is 3.68. The highest BCUT2D eigenvalue weighted by Gasteiger charge is 2.35. The predicted molar refractivity (Wildman–Crippen MR) is 120 cm³/mol. The van der Waals surface area contributed by atoms with Crippen LogP contribution in [-0.2, 0) is 14.3 Å². The number of likely N-dealkylation sites (tertiary alicyclic amines) is 1. The highest BCUT2D eigenvalue weighted by molar-refractivity contribution is 5.68. The number of ether oxygens (including phenoxy) is 2. The molecule has 1 aliphatic rings. The zero-order valence-electron chi connectivity index (χ0n) is 20.3. The van der Waals surface area contributed by atoms with Crippen LogP contribution in [0.25, 0.3) is 5.52 Å². The molecule has 1 aliphatic heterocycles. The van der Waals surface area contributed by atoms with Crippen molar-refractivity contribution >= 4 is 23.5 Å². The van der Waals surface area contributed by atoms with Gasteiger partial charge in [0.05, 0.1) is 30.9 Å². The number of imidazole rings is 1. The molecule has 2 aromatic rings. The molecule has 1 saturated heterocycles. The Labute approximate surface area is 192 Å². The van der Waals surface area contributed by atoms with E-state index in [1.807, 2.05) is 20.8 Å². The van der Waals surface area contributed by atoms with Crippen LogP contribution >= 0.6 is 0 Å². The van der Waals surface area contributed by atoms with Crippen LogP contribution in [0.3, 0.4) is 0 Å². The summed E-state index contributed by atoms with van der Waals surface area (Å²) >= 11 is 0. The molecule has 0 spiro atoms. The maximum Gasteiger partial charge on any atom is 0.410 e. The van der Waals surface area contributed by atoms with Gasteiger partial charge in [0, 0.05) is 13.5 Å². The number of anilines is 1. The molecule has 182 valence electrons. The molecule has 0 bridgehead atoms. The molecular formula is C22H33FN6O4. The third-order valence-electron chi connectivity index (χ3n) is 5.65. The fraction of sp³-hybridized carbons (Fsp3) is 0.682. The van der Waals surface area contributed by atoms with Crippen LogP contribution in [0.4, 0.5) is 15.1 Å². The van der Waals surface area contributed by atoms with Crippen LogP contribution in [0.1, 0.15) is 66.6 Å². The maximum atomic E-state index is 14.9. The number of nitrogens with zero attached hydrogens (tertiary/aromatic N) is 5. The number of alkyl halides is 1. The molecule has 3 heterocycles. The predicted octanol–water partition coefficient (Wildman–Crippen LogP) is 3.33. The van der Waals surface area contributed by atoms with Gasteiger partial charge in [-0.3, -0.25) is 4.79 Å². The number of amides is 1. The van der Waals surface area contributed by atoms with E-state index in [2.05, 4.69) is 20.4 Å². The van der Waals surface area contributed by atoms with Crippen LogP contribution in [0.2, 0.25) is 0 Å². The van der Waals surface area contributed by atoms with Gasteiger partial charge in [-0.15, -0.1) is 5.10 Å². The van der Waals surface area contributed by atoms with E-state index < -0.39 is 29.5 Å². The third kappa shape index (κ3) is 5.88. The molecule has 3 rings (SSSR count). The molecule has 0 aliphatic carbocycles. The van der Waals surface area contributed by atoms with Gasteiger partial charge in [0.15, 0.2) is 0 Å². The average Bonchev–Trinajstić information content (AvgIpc) is 3.09. The van der Waals surface area contributed by atoms with Crippen LogP contribution in [0.15, 0.2) is 12.4 Å². The van der Waals surface area contributed by atoms with Gasteiger partial charge in [0.1, 0.15) is 28.7 Å². The number of nitrogens with one attached hydrogen (secondary N) is 1. The van der Waals surface area contributed by atoms with Crippen molar-refractivity contribution in [1.82, 2.24) is 24.5 Å². The van der Waals surface area contributed by atoms with E-state index in [-0.39, 0.29) is 24.4 Å². The van der Waals surface area contributed by atoms with Gasteiger partial charge in [0.25, 0.3) is 0 Å². The Bertz CT molecular complexity index is 1020. The topological polar surface area (TPSA) is 111 Å². The number of rotatable bonds is 5.